The summed E-state index contributed by atoms with van der Waals surface area (Å²) in [7, 11) is -1.49. The fourth-order valence-corrected chi connectivity index (χ4v) is 4.40. The molecule has 1 aliphatic rings. The first-order chi connectivity index (χ1) is 11.4. The van der Waals surface area contributed by atoms with Crippen LogP contribution in [0.5, 0.6) is 0 Å². The Morgan fingerprint density at radius 1 is 1.38 bits per heavy atom. The van der Waals surface area contributed by atoms with E-state index >= 15 is 0 Å². The lowest BCUT2D eigenvalue weighted by atomic mass is 10.1. The van der Waals surface area contributed by atoms with Crippen molar-refractivity contribution in [3.63, 3.8) is 0 Å². The number of benzene rings is 1. The van der Waals surface area contributed by atoms with Crippen LogP contribution in [0.2, 0.25) is 0 Å². The van der Waals surface area contributed by atoms with Crippen LogP contribution in [-0.2, 0) is 28.1 Å². The Morgan fingerprint density at radius 2 is 2.12 bits per heavy atom. The summed E-state index contributed by atoms with van der Waals surface area (Å²) in [6, 6.07) is 5.52. The van der Waals surface area contributed by atoms with Crippen LogP contribution in [0.4, 0.5) is 4.39 Å². The number of aromatic nitrogens is 2. The number of carbonyl (C=O) groups excluding carboxylic acids is 1. The summed E-state index contributed by atoms with van der Waals surface area (Å²) in [4.78, 5) is 14.2. The molecule has 1 fully saturated rings. The maximum Gasteiger partial charge on any atom is 0.227 e. The third-order valence-corrected chi connectivity index (χ3v) is 5.79. The molecule has 0 spiro atoms. The average molecular weight is 351 g/mol. The van der Waals surface area contributed by atoms with E-state index in [0.29, 0.717) is 11.1 Å². The van der Waals surface area contributed by atoms with E-state index in [4.69, 9.17) is 0 Å². The minimum absolute atomic E-state index is 0.0766. The van der Waals surface area contributed by atoms with Gasteiger partial charge in [0.15, 0.2) is 9.84 Å². The Kier molecular flexibility index (Phi) is 4.40. The summed E-state index contributed by atoms with van der Waals surface area (Å²) in [5.41, 5.74) is 0.975. The predicted molar refractivity (Wildman–Crippen MR) is 86.4 cm³/mol. The summed E-state index contributed by atoms with van der Waals surface area (Å²) in [6.07, 6.45) is 3.17. The van der Waals surface area contributed by atoms with Crippen molar-refractivity contribution < 1.29 is 17.6 Å². The second kappa shape index (κ2) is 6.35. The standard InChI is InChI=1S/C16H18FN3O3S/c1-19-10-13(9-18-19)15-11-24(22,23)7-6-20(15)16(21)8-12-4-2-3-5-14(12)17/h2-5,9-10,15H,6-8,11H2,1H3/t15-/m0/s1. The zero-order valence-electron chi connectivity index (χ0n) is 13.2. The summed E-state index contributed by atoms with van der Waals surface area (Å²) in [5.74, 6) is -0.939. The molecule has 0 saturated carbocycles. The van der Waals surface area contributed by atoms with Crippen LogP contribution >= 0.6 is 0 Å². The van der Waals surface area contributed by atoms with E-state index in [-0.39, 0.29) is 30.4 Å². The quantitative estimate of drug-likeness (QED) is 0.830. The van der Waals surface area contributed by atoms with E-state index in [0.717, 1.165) is 0 Å². The molecule has 0 N–H and O–H groups in total. The lowest BCUT2D eigenvalue weighted by Crippen LogP contribution is -2.46. The van der Waals surface area contributed by atoms with Gasteiger partial charge in [0.1, 0.15) is 5.82 Å². The van der Waals surface area contributed by atoms with Crippen molar-refractivity contribution in [3.05, 3.63) is 53.6 Å². The van der Waals surface area contributed by atoms with Crippen LogP contribution in [0.25, 0.3) is 0 Å². The number of sulfone groups is 1. The van der Waals surface area contributed by atoms with Crippen LogP contribution < -0.4 is 0 Å². The number of carbonyl (C=O) groups is 1. The van der Waals surface area contributed by atoms with E-state index in [1.54, 1.807) is 42.3 Å². The average Bonchev–Trinajstić information content (AvgIpc) is 2.95. The Labute approximate surface area is 139 Å². The molecule has 2 heterocycles. The number of rotatable bonds is 3. The van der Waals surface area contributed by atoms with Crippen molar-refractivity contribution >= 4 is 15.7 Å². The van der Waals surface area contributed by atoms with E-state index in [1.807, 2.05) is 0 Å². The number of hydrogen-bond acceptors (Lipinski definition) is 4. The van der Waals surface area contributed by atoms with Crippen molar-refractivity contribution in [2.45, 2.75) is 12.5 Å². The Hall–Kier alpha value is -2.22. The van der Waals surface area contributed by atoms with Gasteiger partial charge in [0.2, 0.25) is 5.91 Å². The molecule has 0 radical (unpaired) electrons. The minimum atomic E-state index is -3.22. The van der Waals surface area contributed by atoms with E-state index in [2.05, 4.69) is 5.10 Å². The topological polar surface area (TPSA) is 72.3 Å². The number of amides is 1. The highest BCUT2D eigenvalue weighted by Gasteiger charge is 2.35. The van der Waals surface area contributed by atoms with Gasteiger partial charge in [-0.25, -0.2) is 12.8 Å². The minimum Gasteiger partial charge on any atom is -0.333 e. The normalized spacial score (nSPS) is 20.1. The predicted octanol–water partition coefficient (Wildman–Crippen LogP) is 1.10. The van der Waals surface area contributed by atoms with Gasteiger partial charge in [-0.15, -0.1) is 0 Å². The third-order valence-electron chi connectivity index (χ3n) is 4.16. The molecule has 2 aromatic rings. The van der Waals surface area contributed by atoms with Gasteiger partial charge in [-0.2, -0.15) is 5.10 Å². The molecule has 8 heteroatoms. The zero-order valence-corrected chi connectivity index (χ0v) is 14.0. The highest BCUT2D eigenvalue weighted by atomic mass is 32.2. The molecule has 3 rings (SSSR count). The van der Waals surface area contributed by atoms with Crippen molar-refractivity contribution in [2.24, 2.45) is 7.05 Å². The van der Waals surface area contributed by atoms with Gasteiger partial charge in [-0.3, -0.25) is 9.48 Å². The van der Waals surface area contributed by atoms with E-state index in [9.17, 15) is 17.6 Å². The largest absolute Gasteiger partial charge is 0.333 e. The summed E-state index contributed by atoms with van der Waals surface area (Å²) in [6.45, 7) is 0.106. The first kappa shape index (κ1) is 16.6. The summed E-state index contributed by atoms with van der Waals surface area (Å²) < 4.78 is 39.3. The Morgan fingerprint density at radius 3 is 2.79 bits per heavy atom. The first-order valence-electron chi connectivity index (χ1n) is 7.57. The maximum atomic E-state index is 13.8. The lowest BCUT2D eigenvalue weighted by molar-refractivity contribution is -0.132. The monoisotopic (exact) mass is 351 g/mol. The van der Waals surface area contributed by atoms with Gasteiger partial charge in [0.25, 0.3) is 0 Å². The Bertz CT molecular complexity index is 863. The Balaban J connectivity index is 1.86. The molecule has 128 valence electrons. The van der Waals surface area contributed by atoms with E-state index in [1.165, 1.54) is 11.0 Å². The van der Waals surface area contributed by atoms with Gasteiger partial charge < -0.3 is 4.90 Å². The van der Waals surface area contributed by atoms with Crippen LogP contribution in [0, 0.1) is 5.82 Å². The number of nitrogens with zero attached hydrogens (tertiary/aromatic N) is 3. The molecule has 1 saturated heterocycles. The zero-order chi connectivity index (χ0) is 17.3. The maximum absolute atomic E-state index is 13.8. The fourth-order valence-electron chi connectivity index (χ4n) is 2.90. The van der Waals surface area contributed by atoms with E-state index < -0.39 is 21.7 Å². The van der Waals surface area contributed by atoms with Crippen molar-refractivity contribution in [2.75, 3.05) is 18.1 Å². The second-order valence-electron chi connectivity index (χ2n) is 5.93. The summed E-state index contributed by atoms with van der Waals surface area (Å²) in [5, 5.41) is 4.06. The van der Waals surface area contributed by atoms with Gasteiger partial charge in [0.05, 0.1) is 30.2 Å². The SMILES string of the molecule is Cn1cc([C@@H]2CS(=O)(=O)CCN2C(=O)Cc2ccccc2F)cn1. The molecule has 6 nitrogen and oxygen atoms in total. The third kappa shape index (κ3) is 3.48. The van der Waals surface area contributed by atoms with Crippen LogP contribution in [0.3, 0.4) is 0 Å². The highest BCUT2D eigenvalue weighted by Crippen LogP contribution is 2.27. The number of aryl methyl sites for hydroxylation is 1. The fraction of sp³-hybridized carbons (Fsp3) is 0.375. The molecule has 1 atom stereocenters. The summed E-state index contributed by atoms with van der Waals surface area (Å²) >= 11 is 0. The smallest absolute Gasteiger partial charge is 0.227 e. The number of halogens is 1. The molecule has 0 aliphatic carbocycles. The van der Waals surface area contributed by atoms with Crippen LogP contribution in [0.1, 0.15) is 17.2 Å². The molecule has 0 bridgehead atoms. The molecule has 1 aliphatic heterocycles. The molecular weight excluding hydrogens is 333 g/mol. The van der Waals surface area contributed by atoms with Gasteiger partial charge in [-0.05, 0) is 11.6 Å². The number of hydrogen-bond donors (Lipinski definition) is 0. The first-order valence-corrected chi connectivity index (χ1v) is 9.40. The van der Waals surface area contributed by atoms with Crippen molar-refractivity contribution in [3.8, 4) is 0 Å². The second-order valence-corrected chi connectivity index (χ2v) is 8.16. The van der Waals surface area contributed by atoms with Crippen LogP contribution in [-0.4, -0.2) is 47.1 Å². The van der Waals surface area contributed by atoms with Crippen molar-refractivity contribution in [1.82, 2.24) is 14.7 Å². The molecule has 1 aromatic heterocycles. The van der Waals surface area contributed by atoms with Gasteiger partial charge in [0, 0.05) is 25.4 Å². The molecule has 0 unspecified atom stereocenters. The van der Waals surface area contributed by atoms with Gasteiger partial charge in [-0.1, -0.05) is 18.2 Å². The highest BCUT2D eigenvalue weighted by molar-refractivity contribution is 7.91. The molecule has 1 aromatic carbocycles. The molecule has 24 heavy (non-hydrogen) atoms. The van der Waals surface area contributed by atoms with Gasteiger partial charge >= 0.3 is 0 Å². The van der Waals surface area contributed by atoms with Crippen molar-refractivity contribution in [1.29, 1.82) is 0 Å². The molecular formula is C16H18FN3O3S. The van der Waals surface area contributed by atoms with Crippen LogP contribution in [0.15, 0.2) is 36.7 Å². The molecule has 1 amide bonds. The lowest BCUT2D eigenvalue weighted by Gasteiger charge is -2.35.